The first-order valence-corrected chi connectivity index (χ1v) is 24.4. The van der Waals surface area contributed by atoms with E-state index in [4.69, 9.17) is 4.42 Å². The lowest BCUT2D eigenvalue weighted by Crippen LogP contribution is -2.62. The first-order chi connectivity index (χ1) is 28.2. The summed E-state index contributed by atoms with van der Waals surface area (Å²) in [6.07, 6.45) is 21.4. The third-order valence-corrected chi connectivity index (χ3v) is 16.4. The molecule has 2 aromatic heterocycles. The zero-order valence-electron chi connectivity index (χ0n) is 37.6. The van der Waals surface area contributed by atoms with Gasteiger partial charge in [-0.05, 0) is 96.6 Å². The van der Waals surface area contributed by atoms with Crippen molar-refractivity contribution in [1.29, 1.82) is 0 Å². The number of benzene rings is 3. The lowest BCUT2D eigenvalue weighted by atomic mass is 9.43. The molecule has 0 N–H and O–H groups in total. The average Bonchev–Trinajstić information content (AvgIpc) is 3.71. The third kappa shape index (κ3) is 6.61. The molecule has 0 bridgehead atoms. The second-order valence-electron chi connectivity index (χ2n) is 20.6. The van der Waals surface area contributed by atoms with E-state index in [9.17, 15) is 0 Å². The van der Waals surface area contributed by atoms with E-state index in [1.165, 1.54) is 144 Å². The van der Waals surface area contributed by atoms with Gasteiger partial charge in [-0.1, -0.05) is 161 Å². The molecular formula is C56H74NO+. The van der Waals surface area contributed by atoms with Crippen LogP contribution in [-0.4, -0.2) is 0 Å². The van der Waals surface area contributed by atoms with Gasteiger partial charge in [-0.15, -0.1) is 0 Å². The smallest absolute Gasteiger partial charge is 0.213 e. The molecule has 3 unspecified atom stereocenters. The van der Waals surface area contributed by atoms with Crippen molar-refractivity contribution in [1.82, 2.24) is 0 Å². The van der Waals surface area contributed by atoms with Crippen LogP contribution in [0.4, 0.5) is 0 Å². The summed E-state index contributed by atoms with van der Waals surface area (Å²) < 4.78 is 10.00. The minimum Gasteiger partial charge on any atom is -0.456 e. The van der Waals surface area contributed by atoms with Gasteiger partial charge in [-0.3, -0.25) is 0 Å². The molecule has 2 nitrogen and oxygen atoms in total. The van der Waals surface area contributed by atoms with Crippen molar-refractivity contribution >= 4 is 21.9 Å². The van der Waals surface area contributed by atoms with Gasteiger partial charge in [-0.2, -0.15) is 4.57 Å². The summed E-state index contributed by atoms with van der Waals surface area (Å²) >= 11 is 0. The van der Waals surface area contributed by atoms with E-state index in [0.717, 1.165) is 72.0 Å². The molecule has 2 heteroatoms. The molecule has 2 heterocycles. The predicted octanol–water partition coefficient (Wildman–Crippen LogP) is 15.7. The molecule has 3 saturated carbocycles. The van der Waals surface area contributed by atoms with Crippen molar-refractivity contribution in [2.45, 2.75) is 170 Å². The van der Waals surface area contributed by atoms with Crippen LogP contribution in [0.1, 0.15) is 172 Å². The zero-order chi connectivity index (χ0) is 40.3. The summed E-state index contributed by atoms with van der Waals surface area (Å²) in [4.78, 5) is 0. The Balaban J connectivity index is 1.27. The van der Waals surface area contributed by atoms with Crippen molar-refractivity contribution in [3.8, 4) is 22.6 Å². The van der Waals surface area contributed by atoms with Crippen LogP contribution in [0.25, 0.3) is 44.5 Å². The van der Waals surface area contributed by atoms with Crippen LogP contribution in [0.5, 0.6) is 0 Å². The largest absolute Gasteiger partial charge is 0.456 e. The SMILES string of the molecule is CCCCc1ccc2c3c(oc2c1)-c1ccc(CCC)c(-c2ccc4cc(C)ccc4[n+]2C(CC)C2C(C4CCCCC4)C(C(C)C)C2C2CCCCC2)c1C3(C)C. The second-order valence-corrected chi connectivity index (χ2v) is 20.6. The van der Waals surface area contributed by atoms with Crippen molar-refractivity contribution in [3.05, 3.63) is 88.5 Å². The van der Waals surface area contributed by atoms with Gasteiger partial charge in [-0.25, -0.2) is 0 Å². The highest BCUT2D eigenvalue weighted by molar-refractivity contribution is 5.97. The van der Waals surface area contributed by atoms with Gasteiger partial charge in [0, 0.05) is 51.8 Å². The molecule has 3 fully saturated rings. The molecule has 58 heavy (non-hydrogen) atoms. The van der Waals surface area contributed by atoms with Crippen LogP contribution >= 0.6 is 0 Å². The maximum absolute atomic E-state index is 7.02. The zero-order valence-corrected chi connectivity index (χ0v) is 37.6. The van der Waals surface area contributed by atoms with Crippen LogP contribution in [0, 0.1) is 48.3 Å². The molecule has 4 aliphatic carbocycles. The van der Waals surface area contributed by atoms with E-state index in [0.29, 0.717) is 6.04 Å². The molecular weight excluding hydrogens is 703 g/mol. The molecule has 3 atom stereocenters. The molecule has 0 amide bonds. The topological polar surface area (TPSA) is 17.0 Å². The highest BCUT2D eigenvalue weighted by Gasteiger charge is 2.61. The lowest BCUT2D eigenvalue weighted by Gasteiger charge is -2.61. The quantitative estimate of drug-likeness (QED) is 0.115. The maximum atomic E-state index is 7.02. The third-order valence-electron chi connectivity index (χ3n) is 16.4. The fourth-order valence-corrected chi connectivity index (χ4v) is 14.0. The van der Waals surface area contributed by atoms with E-state index in [-0.39, 0.29) is 5.41 Å². The molecule has 0 aliphatic heterocycles. The van der Waals surface area contributed by atoms with Crippen LogP contribution in [0.15, 0.2) is 65.1 Å². The number of furan rings is 1. The molecule has 308 valence electrons. The Morgan fingerprint density at radius 1 is 0.724 bits per heavy atom. The Morgan fingerprint density at radius 3 is 2.07 bits per heavy atom. The summed E-state index contributed by atoms with van der Waals surface area (Å²) in [7, 11) is 0. The number of hydrogen-bond donors (Lipinski definition) is 0. The number of aryl methyl sites for hydroxylation is 3. The molecule has 9 rings (SSSR count). The van der Waals surface area contributed by atoms with Gasteiger partial charge < -0.3 is 4.42 Å². The van der Waals surface area contributed by atoms with Gasteiger partial charge in [0.15, 0.2) is 6.04 Å². The molecule has 0 spiro atoms. The van der Waals surface area contributed by atoms with Gasteiger partial charge in [0.05, 0.1) is 5.56 Å². The summed E-state index contributed by atoms with van der Waals surface area (Å²) in [5.74, 6) is 6.84. The van der Waals surface area contributed by atoms with Crippen LogP contribution < -0.4 is 4.57 Å². The van der Waals surface area contributed by atoms with Crippen molar-refractivity contribution in [2.75, 3.05) is 0 Å². The molecule has 5 aromatic rings. The summed E-state index contributed by atoms with van der Waals surface area (Å²) in [6.45, 7) is 19.7. The van der Waals surface area contributed by atoms with Gasteiger partial charge >= 0.3 is 0 Å². The number of aromatic nitrogens is 1. The summed E-state index contributed by atoms with van der Waals surface area (Å²) in [6, 6.07) is 24.9. The molecule has 0 radical (unpaired) electrons. The number of pyridine rings is 1. The second kappa shape index (κ2) is 16.2. The van der Waals surface area contributed by atoms with Crippen LogP contribution in [0.3, 0.4) is 0 Å². The van der Waals surface area contributed by atoms with E-state index in [1.807, 2.05) is 0 Å². The van der Waals surface area contributed by atoms with Crippen molar-refractivity contribution in [2.24, 2.45) is 41.4 Å². The number of fused-ring (bicyclic) bond motifs is 6. The van der Waals surface area contributed by atoms with E-state index >= 15 is 0 Å². The monoisotopic (exact) mass is 777 g/mol. The van der Waals surface area contributed by atoms with E-state index in [2.05, 4.69) is 121 Å². The number of rotatable bonds is 12. The molecule has 4 aliphatic rings. The Morgan fingerprint density at radius 2 is 1.43 bits per heavy atom. The van der Waals surface area contributed by atoms with Gasteiger partial charge in [0.1, 0.15) is 11.3 Å². The first kappa shape index (κ1) is 40.0. The average molecular weight is 777 g/mol. The highest BCUT2D eigenvalue weighted by atomic mass is 16.3. The Bertz CT molecular complexity index is 2230. The minimum atomic E-state index is -0.198. The van der Waals surface area contributed by atoms with Crippen LogP contribution in [-0.2, 0) is 18.3 Å². The summed E-state index contributed by atoms with van der Waals surface area (Å²) in [5.41, 5.74) is 13.7. The standard InChI is InChI=1S/C56H74NO/c1-9-12-20-37-26-29-42-47(34-37)58-55-43-30-27-38(19-10-2)49(53(43)56(7,8)54(42)55)46-32-28-41-33-36(6)25-31-45(41)57(46)44(11-3)52-50(39-21-15-13-16-22-39)48(35(4)5)51(52)40-23-17-14-18-24-40/h25-35,39-40,44,48,50-52H,9-24H2,1-8H3/q+1. The van der Waals surface area contributed by atoms with Crippen molar-refractivity contribution < 1.29 is 8.98 Å². The highest BCUT2D eigenvalue weighted by Crippen LogP contribution is 2.64. The first-order valence-electron chi connectivity index (χ1n) is 24.4. The fraction of sp³-hybridized carbons (Fsp3) is 0.589. The Hall–Kier alpha value is -3.39. The normalized spacial score (nSPS) is 24.0. The Labute approximate surface area is 351 Å². The summed E-state index contributed by atoms with van der Waals surface area (Å²) in [5, 5.41) is 2.69. The molecule has 3 aromatic carbocycles. The van der Waals surface area contributed by atoms with Gasteiger partial charge in [0.2, 0.25) is 11.2 Å². The Kier molecular flexibility index (Phi) is 11.2. The fourth-order valence-electron chi connectivity index (χ4n) is 14.0. The van der Waals surface area contributed by atoms with Gasteiger partial charge in [0.25, 0.3) is 0 Å². The minimum absolute atomic E-state index is 0.198. The van der Waals surface area contributed by atoms with E-state index < -0.39 is 0 Å². The number of nitrogens with zero attached hydrogens (tertiary/aromatic N) is 1. The number of unbranched alkanes of at least 4 members (excludes halogenated alkanes) is 1. The van der Waals surface area contributed by atoms with E-state index in [1.54, 1.807) is 0 Å². The molecule has 0 saturated heterocycles. The lowest BCUT2D eigenvalue weighted by molar-refractivity contribution is -0.704. The number of hydrogen-bond acceptors (Lipinski definition) is 1. The predicted molar refractivity (Wildman–Crippen MR) is 246 cm³/mol. The maximum Gasteiger partial charge on any atom is 0.213 e. The van der Waals surface area contributed by atoms with Crippen LogP contribution in [0.2, 0.25) is 0 Å². The van der Waals surface area contributed by atoms with Crippen molar-refractivity contribution in [3.63, 3.8) is 0 Å².